The summed E-state index contributed by atoms with van der Waals surface area (Å²) in [5.74, 6) is 0.711. The molecule has 0 heterocycles. The van der Waals surface area contributed by atoms with Crippen LogP contribution in [0.1, 0.15) is 306 Å². The van der Waals surface area contributed by atoms with Crippen LogP contribution in [0.3, 0.4) is 0 Å². The quantitative estimate of drug-likeness (QED) is 0.0222. The molecule has 0 fully saturated rings. The zero-order chi connectivity index (χ0) is 61.8. The van der Waals surface area contributed by atoms with Gasteiger partial charge in [0.25, 0.3) is 0 Å². The van der Waals surface area contributed by atoms with Crippen molar-refractivity contribution in [1.29, 1.82) is 0 Å². The number of aliphatic hydroxyl groups is 1. The molecule has 0 bridgehead atoms. The van der Waals surface area contributed by atoms with E-state index < -0.39 is 97.5 Å². The van der Waals surface area contributed by atoms with Crippen LogP contribution in [0.15, 0.2) is 0 Å². The van der Waals surface area contributed by atoms with Gasteiger partial charge >= 0.3 is 39.5 Å². The van der Waals surface area contributed by atoms with Gasteiger partial charge in [0.2, 0.25) is 0 Å². The molecule has 0 aromatic heterocycles. The molecule has 0 aromatic rings. The predicted octanol–water partition coefficient (Wildman–Crippen LogP) is 17.4. The summed E-state index contributed by atoms with van der Waals surface area (Å²) in [6.07, 6.45) is 33.7. The largest absolute Gasteiger partial charge is 0.472 e. The fraction of sp³-hybridized carbons (Fsp3) is 0.938. The van der Waals surface area contributed by atoms with Crippen molar-refractivity contribution in [1.82, 2.24) is 0 Å². The van der Waals surface area contributed by atoms with Crippen molar-refractivity contribution < 1.29 is 80.2 Å². The van der Waals surface area contributed by atoms with Crippen LogP contribution >= 0.6 is 15.6 Å². The zero-order valence-electron chi connectivity index (χ0n) is 53.8. The number of esters is 4. The summed E-state index contributed by atoms with van der Waals surface area (Å²) in [6, 6.07) is 0. The van der Waals surface area contributed by atoms with E-state index in [0.29, 0.717) is 37.5 Å². The lowest BCUT2D eigenvalue weighted by molar-refractivity contribution is -0.161. The molecule has 0 spiro atoms. The summed E-state index contributed by atoms with van der Waals surface area (Å²) in [5.41, 5.74) is 0. The first kappa shape index (κ1) is 81.1. The zero-order valence-corrected chi connectivity index (χ0v) is 55.6. The van der Waals surface area contributed by atoms with Crippen LogP contribution < -0.4 is 0 Å². The number of aliphatic hydroxyl groups excluding tert-OH is 1. The Balaban J connectivity index is 5.25. The van der Waals surface area contributed by atoms with Gasteiger partial charge < -0.3 is 33.8 Å². The number of hydrogen-bond donors (Lipinski definition) is 3. The molecule has 0 aliphatic carbocycles. The number of hydrogen-bond acceptors (Lipinski definition) is 15. The second kappa shape index (κ2) is 54.2. The van der Waals surface area contributed by atoms with E-state index in [1.54, 1.807) is 0 Å². The molecule has 0 amide bonds. The number of phosphoric acid groups is 2. The number of ether oxygens (including phenoxy) is 4. The first-order valence-electron chi connectivity index (χ1n) is 33.2. The molecule has 0 radical (unpaired) electrons. The van der Waals surface area contributed by atoms with Crippen molar-refractivity contribution in [2.24, 2.45) is 23.7 Å². The molecule has 17 nitrogen and oxygen atoms in total. The monoisotopic (exact) mass is 1230 g/mol. The number of rotatable bonds is 61. The molecule has 0 aromatic carbocycles. The average Bonchev–Trinajstić information content (AvgIpc) is 3.43. The van der Waals surface area contributed by atoms with Crippen LogP contribution in [0.5, 0.6) is 0 Å². The predicted molar refractivity (Wildman–Crippen MR) is 331 cm³/mol. The van der Waals surface area contributed by atoms with E-state index in [4.69, 9.17) is 37.0 Å². The lowest BCUT2D eigenvalue weighted by Gasteiger charge is -2.21. The van der Waals surface area contributed by atoms with Gasteiger partial charge in [-0.15, -0.1) is 0 Å². The maximum absolute atomic E-state index is 13.0. The van der Waals surface area contributed by atoms with E-state index >= 15 is 0 Å². The molecular formula is C64H124O17P2. The van der Waals surface area contributed by atoms with Crippen molar-refractivity contribution in [2.75, 3.05) is 39.6 Å². The summed E-state index contributed by atoms with van der Waals surface area (Å²) in [4.78, 5) is 72.2. The number of carbonyl (C=O) groups is 4. The van der Waals surface area contributed by atoms with Gasteiger partial charge in [0.15, 0.2) is 12.2 Å². The SMILES string of the molecule is CC(C)CCCCCCCCCCCC(=O)OC[C@H](COP(=O)(O)OCC(O)COP(=O)(O)OC[C@@H](COC(=O)CCCCCCCCCC(C)C)OC(=O)CCCCCCCCC(C)C)OC(=O)CCCCCCCCCCCC(C)C. The number of carbonyl (C=O) groups excluding carboxylic acids is 4. The highest BCUT2D eigenvalue weighted by atomic mass is 31.2. The fourth-order valence-corrected chi connectivity index (χ4v) is 11.0. The van der Waals surface area contributed by atoms with Gasteiger partial charge in [-0.2, -0.15) is 0 Å². The minimum Gasteiger partial charge on any atom is -0.462 e. The Kier molecular flexibility index (Phi) is 53.0. The Hall–Kier alpha value is -1.94. The molecule has 0 saturated heterocycles. The Morgan fingerprint density at radius 3 is 0.747 bits per heavy atom. The summed E-state index contributed by atoms with van der Waals surface area (Å²) < 4.78 is 68.0. The van der Waals surface area contributed by atoms with Crippen LogP contribution in [-0.4, -0.2) is 96.7 Å². The van der Waals surface area contributed by atoms with Gasteiger partial charge in [-0.1, -0.05) is 254 Å². The van der Waals surface area contributed by atoms with Crippen molar-refractivity contribution in [3.8, 4) is 0 Å². The molecule has 492 valence electrons. The lowest BCUT2D eigenvalue weighted by atomic mass is 10.0. The van der Waals surface area contributed by atoms with E-state index in [-0.39, 0.29) is 25.7 Å². The van der Waals surface area contributed by atoms with Crippen LogP contribution in [0.25, 0.3) is 0 Å². The Bertz CT molecular complexity index is 1660. The summed E-state index contributed by atoms with van der Waals surface area (Å²) >= 11 is 0. The Labute approximate surface area is 505 Å². The van der Waals surface area contributed by atoms with Gasteiger partial charge in [-0.3, -0.25) is 37.3 Å². The molecule has 0 aliphatic heterocycles. The Morgan fingerprint density at radius 1 is 0.301 bits per heavy atom. The molecule has 83 heavy (non-hydrogen) atoms. The molecule has 3 N–H and O–H groups in total. The highest BCUT2D eigenvalue weighted by molar-refractivity contribution is 7.47. The maximum atomic E-state index is 13.0. The van der Waals surface area contributed by atoms with E-state index in [1.165, 1.54) is 103 Å². The molecule has 5 atom stereocenters. The number of phosphoric ester groups is 2. The lowest BCUT2D eigenvalue weighted by Crippen LogP contribution is -2.30. The van der Waals surface area contributed by atoms with Gasteiger partial charge in [0, 0.05) is 25.7 Å². The molecular weight excluding hydrogens is 1100 g/mol. The molecule has 19 heteroatoms. The van der Waals surface area contributed by atoms with Gasteiger partial charge in [-0.05, 0) is 49.4 Å². The maximum Gasteiger partial charge on any atom is 0.472 e. The van der Waals surface area contributed by atoms with Crippen molar-refractivity contribution in [2.45, 2.75) is 324 Å². The molecule has 3 unspecified atom stereocenters. The average molecular weight is 1230 g/mol. The smallest absolute Gasteiger partial charge is 0.462 e. The van der Waals surface area contributed by atoms with Crippen molar-refractivity contribution in [3.05, 3.63) is 0 Å². The first-order valence-corrected chi connectivity index (χ1v) is 36.2. The van der Waals surface area contributed by atoms with Crippen LogP contribution in [-0.2, 0) is 65.4 Å². The van der Waals surface area contributed by atoms with E-state index in [2.05, 4.69) is 55.4 Å². The third kappa shape index (κ3) is 58.8. The first-order chi connectivity index (χ1) is 39.6. The molecule has 0 saturated carbocycles. The highest BCUT2D eigenvalue weighted by Gasteiger charge is 2.30. The van der Waals surface area contributed by atoms with Gasteiger partial charge in [0.05, 0.1) is 26.4 Å². The van der Waals surface area contributed by atoms with Gasteiger partial charge in [0.1, 0.15) is 19.3 Å². The Morgan fingerprint density at radius 2 is 0.506 bits per heavy atom. The topological polar surface area (TPSA) is 237 Å². The van der Waals surface area contributed by atoms with Crippen molar-refractivity contribution >= 4 is 39.5 Å². The van der Waals surface area contributed by atoms with Gasteiger partial charge in [-0.25, -0.2) is 9.13 Å². The van der Waals surface area contributed by atoms with Crippen LogP contribution in [0, 0.1) is 23.7 Å². The fourth-order valence-electron chi connectivity index (χ4n) is 9.43. The molecule has 0 aliphatic rings. The van der Waals surface area contributed by atoms with E-state index in [1.807, 2.05) is 0 Å². The van der Waals surface area contributed by atoms with Crippen LogP contribution in [0.2, 0.25) is 0 Å². The highest BCUT2D eigenvalue weighted by Crippen LogP contribution is 2.45. The standard InChI is InChI=1S/C64H124O17P2/c1-54(2)40-32-24-16-11-9-13-19-28-36-44-61(66)74-50-59(80-63(68)46-38-30-20-14-10-12-17-25-33-41-55(3)4)52-78-82(70,71)76-48-58(65)49-77-83(72,73)79-53-60(81-64(69)47-39-31-23-22-27-35-43-57(7)8)51-75-62(67)45-37-29-21-15-18-26-34-42-56(5)6/h54-60,65H,9-53H2,1-8H3,(H,70,71)(H,72,73)/t58?,59-,60-/m1/s1. The van der Waals surface area contributed by atoms with E-state index in [0.717, 1.165) is 108 Å². The third-order valence-corrected chi connectivity index (χ3v) is 16.5. The van der Waals surface area contributed by atoms with E-state index in [9.17, 15) is 43.2 Å². The summed E-state index contributed by atoms with van der Waals surface area (Å²) in [6.45, 7) is 13.9. The minimum absolute atomic E-state index is 0.101. The second-order valence-corrected chi connectivity index (χ2v) is 28.0. The minimum atomic E-state index is -4.95. The summed E-state index contributed by atoms with van der Waals surface area (Å²) in [5, 5.41) is 10.5. The normalized spacial score (nSPS) is 14.4. The van der Waals surface area contributed by atoms with Crippen molar-refractivity contribution in [3.63, 3.8) is 0 Å². The second-order valence-electron chi connectivity index (χ2n) is 25.1. The molecule has 0 rings (SSSR count). The summed E-state index contributed by atoms with van der Waals surface area (Å²) in [7, 11) is -9.89. The number of unbranched alkanes of at least 4 members (excludes halogenated alkanes) is 27. The third-order valence-electron chi connectivity index (χ3n) is 14.6. The van der Waals surface area contributed by atoms with Crippen LogP contribution in [0.4, 0.5) is 0 Å².